The molecule has 0 aliphatic heterocycles. The number of nitrogens with zero attached hydrogens (tertiary/aromatic N) is 4. The van der Waals surface area contributed by atoms with Crippen molar-refractivity contribution >= 4 is 29.2 Å². The van der Waals surface area contributed by atoms with Crippen molar-refractivity contribution in [3.8, 4) is 35.1 Å². The van der Waals surface area contributed by atoms with Gasteiger partial charge in [-0.25, -0.2) is 14.5 Å². The summed E-state index contributed by atoms with van der Waals surface area (Å²) in [5, 5.41) is 34.8. The van der Waals surface area contributed by atoms with E-state index in [0.717, 1.165) is 22.3 Å². The van der Waals surface area contributed by atoms with Crippen LogP contribution < -0.4 is 29.6 Å². The van der Waals surface area contributed by atoms with E-state index in [2.05, 4.69) is 32.5 Å². The lowest BCUT2D eigenvalue weighted by molar-refractivity contribution is -0.147. The van der Waals surface area contributed by atoms with Gasteiger partial charge in [0.2, 0.25) is 17.3 Å². The second kappa shape index (κ2) is 29.2. The fourth-order valence-corrected chi connectivity index (χ4v) is 7.72. The highest BCUT2D eigenvalue weighted by Gasteiger charge is 2.25. The number of aliphatic hydroxyl groups is 1. The number of hydrogen-bond acceptors (Lipinski definition) is 11. The van der Waals surface area contributed by atoms with Gasteiger partial charge in [0.15, 0.2) is 0 Å². The van der Waals surface area contributed by atoms with Gasteiger partial charge in [0.25, 0.3) is 5.91 Å². The Morgan fingerprint density at radius 3 is 1.35 bits per heavy atom. The van der Waals surface area contributed by atoms with Gasteiger partial charge >= 0.3 is 5.97 Å². The molecule has 7 aromatic carbocycles. The fraction of sp³-hybridized carbons (Fsp3) is 0.222. The van der Waals surface area contributed by atoms with Crippen LogP contribution in [0, 0.1) is 35.8 Å². The molecule has 0 saturated heterocycles. The Morgan fingerprint density at radius 1 is 0.526 bits per heavy atom. The van der Waals surface area contributed by atoms with E-state index in [1.54, 1.807) is 54.6 Å². The summed E-state index contributed by atoms with van der Waals surface area (Å²) in [6.07, 6.45) is 0.150. The minimum absolute atomic E-state index is 0.0326. The van der Waals surface area contributed by atoms with Gasteiger partial charge in [-0.05, 0) is 123 Å². The molecule has 2 atom stereocenters. The minimum atomic E-state index is -1.07. The second-order valence-corrected chi connectivity index (χ2v) is 18.2. The Morgan fingerprint density at radius 2 is 0.936 bits per heavy atom. The fourth-order valence-electron chi connectivity index (χ4n) is 7.72. The van der Waals surface area contributed by atoms with Crippen LogP contribution in [0.2, 0.25) is 0 Å². The van der Waals surface area contributed by atoms with Crippen LogP contribution >= 0.6 is 0 Å². The Balaban J connectivity index is 0.000000258. The summed E-state index contributed by atoms with van der Waals surface area (Å²) in [5.74, 6) is 0.0882. The predicted octanol–water partition coefficient (Wildman–Crippen LogP) is 11.4. The first-order valence-corrected chi connectivity index (χ1v) is 25.0. The zero-order chi connectivity index (χ0) is 55.8. The predicted molar refractivity (Wildman–Crippen MR) is 294 cm³/mol. The number of nitriles is 2. The normalized spacial score (nSPS) is 11.2. The number of amides is 2. The molecule has 15 nitrogen and oxygen atoms in total. The van der Waals surface area contributed by atoms with E-state index in [1.807, 2.05) is 125 Å². The summed E-state index contributed by atoms with van der Waals surface area (Å²) in [5.41, 5.74) is 5.78. The smallest absolute Gasteiger partial charge is 0.329 e. The minimum Gasteiger partial charge on any atom is -0.502 e. The quantitative estimate of drug-likeness (QED) is 0.0431. The van der Waals surface area contributed by atoms with Crippen molar-refractivity contribution in [2.24, 2.45) is 0 Å². The molecule has 394 valence electrons. The molecule has 7 rings (SSSR count). The number of hydrogen-bond donors (Lipinski definition) is 3. The van der Waals surface area contributed by atoms with E-state index in [1.165, 1.54) is 12.1 Å². The summed E-state index contributed by atoms with van der Waals surface area (Å²) < 4.78 is 28.5. The van der Waals surface area contributed by atoms with Gasteiger partial charge < -0.3 is 39.4 Å². The first-order chi connectivity index (χ1) is 37.8. The first kappa shape index (κ1) is 57.4. The van der Waals surface area contributed by atoms with Gasteiger partial charge in [-0.2, -0.15) is 10.5 Å². The maximum Gasteiger partial charge on any atom is 0.329 e. The molecule has 15 heteroatoms. The molecule has 0 radical (unpaired) electrons. The zero-order valence-corrected chi connectivity index (χ0v) is 43.6. The number of benzene rings is 7. The number of aliphatic hydroxyl groups excluding tert-OH is 1. The first-order valence-electron chi connectivity index (χ1n) is 25.0. The van der Waals surface area contributed by atoms with Gasteiger partial charge in [-0.1, -0.05) is 103 Å². The topological polar surface area (TPSA) is 198 Å². The number of nitrogens with one attached hydrogen (secondary N) is 2. The molecule has 0 spiro atoms. The Bertz CT molecular complexity index is 3320. The molecular formula is C63H58N6O9. The Kier molecular flexibility index (Phi) is 21.5. The van der Waals surface area contributed by atoms with Gasteiger partial charge in [0.05, 0.1) is 49.1 Å². The van der Waals surface area contributed by atoms with E-state index in [4.69, 9.17) is 36.8 Å². The van der Waals surface area contributed by atoms with Gasteiger partial charge in [0.1, 0.15) is 61.0 Å². The van der Waals surface area contributed by atoms with Gasteiger partial charge in [-0.15, -0.1) is 0 Å². The van der Waals surface area contributed by atoms with E-state index in [9.17, 15) is 30.0 Å². The average Bonchev–Trinajstić information content (AvgIpc) is 3.47. The SMILES string of the molecule is [C-]#[N+]c1cc(C(=O)NC(CO)Cc2ccc(OCc3ccccc3)c(C#N)c2)ccc1OC(C)C.[C-]#[N+]c1cc(C(=O)NC(Cc2ccc(OCc3ccccc3)c(C#N)c2)C(=O)OCc2ccccc2)ccc1OC(C)C. The second-order valence-electron chi connectivity index (χ2n) is 18.2. The van der Waals surface area contributed by atoms with Crippen molar-refractivity contribution in [3.05, 3.63) is 237 Å². The van der Waals surface area contributed by atoms with Crippen LogP contribution in [0.5, 0.6) is 23.0 Å². The number of carbonyl (C=O) groups is 3. The molecule has 0 aliphatic carbocycles. The maximum atomic E-state index is 13.3. The van der Waals surface area contributed by atoms with Crippen LogP contribution in [0.15, 0.2) is 164 Å². The van der Waals surface area contributed by atoms with E-state index in [0.29, 0.717) is 64.9 Å². The lowest BCUT2D eigenvalue weighted by atomic mass is 10.0. The van der Waals surface area contributed by atoms with Gasteiger partial charge in [-0.3, -0.25) is 9.59 Å². The molecule has 2 unspecified atom stereocenters. The number of carbonyl (C=O) groups excluding carboxylic acids is 3. The monoisotopic (exact) mass is 1040 g/mol. The van der Waals surface area contributed by atoms with Crippen molar-refractivity contribution in [3.63, 3.8) is 0 Å². The molecule has 7 aromatic rings. The molecule has 0 aromatic heterocycles. The Labute approximate surface area is 454 Å². The van der Waals surface area contributed by atoms with Crippen molar-refractivity contribution in [1.29, 1.82) is 10.5 Å². The molecule has 0 heterocycles. The van der Waals surface area contributed by atoms with E-state index >= 15 is 0 Å². The maximum absolute atomic E-state index is 13.3. The van der Waals surface area contributed by atoms with E-state index < -0.39 is 29.9 Å². The van der Waals surface area contributed by atoms with Crippen molar-refractivity contribution in [2.75, 3.05) is 6.61 Å². The van der Waals surface area contributed by atoms with Gasteiger partial charge in [0, 0.05) is 17.5 Å². The van der Waals surface area contributed by atoms with E-state index in [-0.39, 0.29) is 48.8 Å². The van der Waals surface area contributed by atoms with Crippen molar-refractivity contribution in [2.45, 2.75) is 84.6 Å². The number of ether oxygens (including phenoxy) is 5. The lowest BCUT2D eigenvalue weighted by Crippen LogP contribution is -2.43. The Hall–Kier alpha value is -9.93. The van der Waals surface area contributed by atoms with Crippen LogP contribution in [-0.4, -0.2) is 53.8 Å². The molecule has 0 bridgehead atoms. The molecule has 78 heavy (non-hydrogen) atoms. The highest BCUT2D eigenvalue weighted by Crippen LogP contribution is 2.31. The summed E-state index contributed by atoms with van der Waals surface area (Å²) in [7, 11) is 0. The summed E-state index contributed by atoms with van der Waals surface area (Å²) in [6.45, 7) is 22.7. The third-order valence-electron chi connectivity index (χ3n) is 11.5. The van der Waals surface area contributed by atoms with Crippen LogP contribution in [0.1, 0.15) is 87.4 Å². The summed E-state index contributed by atoms with van der Waals surface area (Å²) in [4.78, 5) is 46.3. The highest BCUT2D eigenvalue weighted by atomic mass is 16.5. The molecule has 0 fully saturated rings. The van der Waals surface area contributed by atoms with Crippen molar-refractivity contribution in [1.82, 2.24) is 10.6 Å². The number of esters is 1. The van der Waals surface area contributed by atoms with Crippen LogP contribution in [0.4, 0.5) is 11.4 Å². The highest BCUT2D eigenvalue weighted by molar-refractivity contribution is 5.98. The molecular weight excluding hydrogens is 985 g/mol. The standard InChI is InChI=1S/C35H31N3O5.C28H27N3O4/c1-24(2)43-33-17-15-28(20-30(33)37-3)34(39)38-31(35(40)42-23-26-12-8-5-9-13-26)19-27-14-16-32(29(18-27)21-36)41-22-25-10-6-4-7-11-25;1-19(2)35-27-12-10-22(15-25(27)30-3)28(33)31-24(17-32)14-21-9-11-26(23(13-21)16-29)34-18-20-7-5-4-6-8-20/h4-18,20,24,31H,19,22-23H2,1-2H3,(H,38,39);4-13,15,19,24,32H,14,17-18H2,1-2H3,(H,31,33). The summed E-state index contributed by atoms with van der Waals surface area (Å²) in [6, 6.07) is 50.6. The lowest BCUT2D eigenvalue weighted by Gasteiger charge is -2.19. The molecule has 3 N–H and O–H groups in total. The molecule has 0 aliphatic rings. The zero-order valence-electron chi connectivity index (χ0n) is 43.6. The van der Waals surface area contributed by atoms with Crippen LogP contribution in [0.25, 0.3) is 9.69 Å². The molecule has 2 amide bonds. The largest absolute Gasteiger partial charge is 0.502 e. The summed E-state index contributed by atoms with van der Waals surface area (Å²) >= 11 is 0. The molecule has 0 saturated carbocycles. The van der Waals surface area contributed by atoms with Crippen molar-refractivity contribution < 1.29 is 43.2 Å². The van der Waals surface area contributed by atoms with Crippen LogP contribution in [0.3, 0.4) is 0 Å². The average molecular weight is 1040 g/mol. The van der Waals surface area contributed by atoms with Crippen LogP contribution in [-0.2, 0) is 42.2 Å². The number of rotatable bonds is 22. The third-order valence-corrected chi connectivity index (χ3v) is 11.5. The third kappa shape index (κ3) is 17.3.